The number of hydrogen-bond acceptors (Lipinski definition) is 5. The van der Waals surface area contributed by atoms with E-state index in [9.17, 15) is 4.79 Å². The molecule has 0 unspecified atom stereocenters. The van der Waals surface area contributed by atoms with E-state index in [2.05, 4.69) is 31.4 Å². The Hall–Kier alpha value is -1.44. The highest BCUT2D eigenvalue weighted by Gasteiger charge is 2.13. The molecule has 0 radical (unpaired) electrons. The average Bonchev–Trinajstić information content (AvgIpc) is 2.86. The molecule has 0 spiro atoms. The van der Waals surface area contributed by atoms with Crippen LogP contribution in [0.15, 0.2) is 33.2 Å². The van der Waals surface area contributed by atoms with Gasteiger partial charge in [0.15, 0.2) is 5.13 Å². The van der Waals surface area contributed by atoms with Gasteiger partial charge in [0.05, 0.1) is 5.56 Å². The Morgan fingerprint density at radius 3 is 2.95 bits per heavy atom. The second-order valence-corrected chi connectivity index (χ2v) is 5.95. The van der Waals surface area contributed by atoms with Gasteiger partial charge < -0.3 is 5.21 Å². The summed E-state index contributed by atoms with van der Waals surface area (Å²) in [6, 6.07) is 4.90. The van der Waals surface area contributed by atoms with Gasteiger partial charge in [-0.3, -0.25) is 10.1 Å². The molecule has 0 saturated heterocycles. The summed E-state index contributed by atoms with van der Waals surface area (Å²) in [4.78, 5) is 16.2. The Labute approximate surface area is 132 Å². The fourth-order valence-electron chi connectivity index (χ4n) is 1.39. The number of benzene rings is 1. The molecule has 8 heteroatoms. The molecule has 1 heterocycles. The summed E-state index contributed by atoms with van der Waals surface area (Å²) in [6.45, 7) is 1.62. The number of carbonyl (C=O) groups is 1. The van der Waals surface area contributed by atoms with Crippen molar-refractivity contribution in [2.45, 2.75) is 6.92 Å². The zero-order valence-corrected chi connectivity index (χ0v) is 13.4. The highest BCUT2D eigenvalue weighted by molar-refractivity contribution is 9.10. The predicted molar refractivity (Wildman–Crippen MR) is 83.2 cm³/mol. The minimum absolute atomic E-state index is 0.298. The monoisotopic (exact) mass is 373 g/mol. The van der Waals surface area contributed by atoms with Gasteiger partial charge in [-0.15, -0.1) is 11.3 Å². The van der Waals surface area contributed by atoms with E-state index in [4.69, 9.17) is 16.8 Å². The molecule has 20 heavy (non-hydrogen) atoms. The molecule has 0 atom stereocenters. The first kappa shape index (κ1) is 15.0. The molecule has 0 bridgehead atoms. The Morgan fingerprint density at radius 2 is 2.30 bits per heavy atom. The number of hydrogen-bond donors (Lipinski definition) is 2. The van der Waals surface area contributed by atoms with E-state index < -0.39 is 0 Å². The first-order valence-corrected chi connectivity index (χ1v) is 7.47. The van der Waals surface area contributed by atoms with Crippen LogP contribution in [0, 0.1) is 0 Å². The molecule has 1 aromatic carbocycles. The molecule has 0 aliphatic carbocycles. The van der Waals surface area contributed by atoms with E-state index in [0.717, 1.165) is 0 Å². The van der Waals surface area contributed by atoms with Crippen molar-refractivity contribution in [1.29, 1.82) is 0 Å². The van der Waals surface area contributed by atoms with Crippen LogP contribution in [-0.2, 0) is 0 Å². The molecule has 5 nitrogen and oxygen atoms in total. The van der Waals surface area contributed by atoms with Crippen LogP contribution in [0.25, 0.3) is 0 Å². The second-order valence-electron chi connectivity index (χ2n) is 3.80. The summed E-state index contributed by atoms with van der Waals surface area (Å²) in [5, 5.41) is 17.1. The smallest absolute Gasteiger partial charge is 0.258 e. The minimum atomic E-state index is -0.298. The molecule has 0 saturated carbocycles. The number of amides is 1. The van der Waals surface area contributed by atoms with Gasteiger partial charge in [0.1, 0.15) is 11.4 Å². The van der Waals surface area contributed by atoms with Gasteiger partial charge in [0, 0.05) is 14.9 Å². The van der Waals surface area contributed by atoms with Gasteiger partial charge in [-0.1, -0.05) is 16.8 Å². The Kier molecular flexibility index (Phi) is 4.74. The van der Waals surface area contributed by atoms with Crippen LogP contribution in [-0.4, -0.2) is 21.8 Å². The lowest BCUT2D eigenvalue weighted by Gasteiger charge is -2.04. The molecule has 104 valence electrons. The third-order valence-electron chi connectivity index (χ3n) is 2.42. The number of anilines is 1. The topological polar surface area (TPSA) is 74.6 Å². The van der Waals surface area contributed by atoms with Crippen LogP contribution in [0.1, 0.15) is 23.0 Å². The highest BCUT2D eigenvalue weighted by Crippen LogP contribution is 2.23. The lowest BCUT2D eigenvalue weighted by molar-refractivity contribution is 0.102. The van der Waals surface area contributed by atoms with Crippen LogP contribution in [0.2, 0.25) is 5.02 Å². The lowest BCUT2D eigenvalue weighted by Crippen LogP contribution is -2.12. The molecule has 1 amide bonds. The van der Waals surface area contributed by atoms with Crippen molar-refractivity contribution in [3.8, 4) is 0 Å². The third kappa shape index (κ3) is 3.36. The van der Waals surface area contributed by atoms with Gasteiger partial charge in [0.2, 0.25) is 0 Å². The van der Waals surface area contributed by atoms with Crippen LogP contribution in [0.5, 0.6) is 0 Å². The van der Waals surface area contributed by atoms with Crippen LogP contribution >= 0.6 is 38.9 Å². The van der Waals surface area contributed by atoms with Crippen molar-refractivity contribution in [1.82, 2.24) is 4.98 Å². The fraction of sp³-hybridized carbons (Fsp3) is 0.0833. The van der Waals surface area contributed by atoms with Crippen LogP contribution in [0.4, 0.5) is 5.13 Å². The zero-order valence-electron chi connectivity index (χ0n) is 10.2. The largest absolute Gasteiger partial charge is 0.411 e. The molecule has 2 aromatic rings. The van der Waals surface area contributed by atoms with E-state index in [1.165, 1.54) is 11.3 Å². The fourth-order valence-corrected chi connectivity index (χ4v) is 3.00. The summed E-state index contributed by atoms with van der Waals surface area (Å²) in [6.07, 6.45) is 0. The molecular weight excluding hydrogens is 366 g/mol. The Balaban J connectivity index is 2.17. The molecule has 0 aliphatic rings. The normalized spacial score (nSPS) is 11.4. The maximum Gasteiger partial charge on any atom is 0.258 e. The standard InChI is InChI=1S/C12H9BrClN3O2S/c1-6(17-19)10-5-20-12(15-10)16-11(18)8-3-2-7(14)4-9(8)13/h2-5,19H,1H3,(H,15,16,18)/b17-6-. The lowest BCUT2D eigenvalue weighted by atomic mass is 10.2. The number of carbonyl (C=O) groups excluding carboxylic acids is 1. The van der Waals surface area contributed by atoms with Gasteiger partial charge in [-0.25, -0.2) is 4.98 Å². The number of oxime groups is 1. The highest BCUT2D eigenvalue weighted by atomic mass is 79.9. The quantitative estimate of drug-likeness (QED) is 0.484. The maximum absolute atomic E-state index is 12.1. The van der Waals surface area contributed by atoms with E-state index in [-0.39, 0.29) is 5.91 Å². The molecule has 2 N–H and O–H groups in total. The number of aromatic nitrogens is 1. The van der Waals surface area contributed by atoms with E-state index >= 15 is 0 Å². The summed E-state index contributed by atoms with van der Waals surface area (Å²) in [5.74, 6) is -0.298. The Bertz CT molecular complexity index is 687. The molecule has 2 rings (SSSR count). The van der Waals surface area contributed by atoms with E-state index in [1.807, 2.05) is 0 Å². The van der Waals surface area contributed by atoms with Crippen molar-refractivity contribution < 1.29 is 10.0 Å². The van der Waals surface area contributed by atoms with Crippen molar-refractivity contribution in [2.75, 3.05) is 5.32 Å². The van der Waals surface area contributed by atoms with E-state index in [1.54, 1.807) is 30.5 Å². The SMILES string of the molecule is C/C(=N/O)c1csc(NC(=O)c2ccc(Cl)cc2Br)n1. The first-order chi connectivity index (χ1) is 9.51. The van der Waals surface area contributed by atoms with Crippen molar-refractivity contribution >= 4 is 55.6 Å². The van der Waals surface area contributed by atoms with Crippen LogP contribution in [0.3, 0.4) is 0 Å². The van der Waals surface area contributed by atoms with Crippen LogP contribution < -0.4 is 5.32 Å². The summed E-state index contributed by atoms with van der Waals surface area (Å²) >= 11 is 10.4. The number of rotatable bonds is 3. The number of halogens is 2. The summed E-state index contributed by atoms with van der Waals surface area (Å²) in [5.41, 5.74) is 1.36. The molecular formula is C12H9BrClN3O2S. The molecule has 0 fully saturated rings. The number of nitrogens with zero attached hydrogens (tertiary/aromatic N) is 2. The van der Waals surface area contributed by atoms with Gasteiger partial charge >= 0.3 is 0 Å². The average molecular weight is 375 g/mol. The molecule has 1 aromatic heterocycles. The summed E-state index contributed by atoms with van der Waals surface area (Å²) in [7, 11) is 0. The number of nitrogens with one attached hydrogen (secondary N) is 1. The second kappa shape index (κ2) is 6.34. The maximum atomic E-state index is 12.1. The van der Waals surface area contributed by atoms with Crippen molar-refractivity contribution in [2.24, 2.45) is 5.16 Å². The minimum Gasteiger partial charge on any atom is -0.411 e. The van der Waals surface area contributed by atoms with Crippen molar-refractivity contribution in [3.63, 3.8) is 0 Å². The third-order valence-corrected chi connectivity index (χ3v) is 4.07. The van der Waals surface area contributed by atoms with Gasteiger partial charge in [-0.05, 0) is 41.1 Å². The van der Waals surface area contributed by atoms with E-state index in [0.29, 0.717) is 31.6 Å². The molecule has 0 aliphatic heterocycles. The summed E-state index contributed by atoms with van der Waals surface area (Å²) < 4.78 is 0.604. The van der Waals surface area contributed by atoms with Gasteiger partial charge in [0.25, 0.3) is 5.91 Å². The number of thiazole rings is 1. The predicted octanol–water partition coefficient (Wildman–Crippen LogP) is 4.01. The van der Waals surface area contributed by atoms with Gasteiger partial charge in [-0.2, -0.15) is 0 Å². The Morgan fingerprint density at radius 1 is 1.55 bits per heavy atom. The van der Waals surface area contributed by atoms with Crippen molar-refractivity contribution in [3.05, 3.63) is 44.3 Å². The first-order valence-electron chi connectivity index (χ1n) is 5.42. The zero-order chi connectivity index (χ0) is 14.7.